The Balaban J connectivity index is 1.56. The summed E-state index contributed by atoms with van der Waals surface area (Å²) in [4.78, 5) is 2.60. The molecule has 98 valence electrons. The summed E-state index contributed by atoms with van der Waals surface area (Å²) in [7, 11) is 0. The second-order valence-corrected chi connectivity index (χ2v) is 5.86. The third-order valence-corrected chi connectivity index (χ3v) is 4.62. The van der Waals surface area contributed by atoms with E-state index in [1.165, 1.54) is 31.4 Å². The van der Waals surface area contributed by atoms with Gasteiger partial charge in [-0.25, -0.2) is 0 Å². The number of rotatable bonds is 5. The molecule has 0 aromatic heterocycles. The predicted octanol–water partition coefficient (Wildman–Crippen LogP) is 2.65. The van der Waals surface area contributed by atoms with Crippen molar-refractivity contribution in [2.24, 2.45) is 5.92 Å². The Bertz CT molecular complexity index is 376. The van der Waals surface area contributed by atoms with Gasteiger partial charge < -0.3 is 5.32 Å². The number of fused-ring (bicyclic) bond motifs is 2. The molecule has 3 atom stereocenters. The number of nitrogens with one attached hydrogen (secondary N) is 1. The van der Waals surface area contributed by atoms with Gasteiger partial charge in [0.05, 0.1) is 0 Å². The van der Waals surface area contributed by atoms with Crippen molar-refractivity contribution in [3.05, 3.63) is 35.9 Å². The second-order valence-electron chi connectivity index (χ2n) is 5.86. The zero-order chi connectivity index (χ0) is 12.4. The van der Waals surface area contributed by atoms with Crippen molar-refractivity contribution >= 4 is 0 Å². The molecule has 2 aliphatic heterocycles. The molecule has 2 aliphatic rings. The Morgan fingerprint density at radius 2 is 2.06 bits per heavy atom. The van der Waals surface area contributed by atoms with Crippen LogP contribution in [0.1, 0.15) is 31.7 Å². The summed E-state index contributed by atoms with van der Waals surface area (Å²) in [6.45, 7) is 5.80. The molecule has 1 aromatic rings. The van der Waals surface area contributed by atoms with E-state index in [0.717, 1.165) is 31.1 Å². The number of hydrogen-bond acceptors (Lipinski definition) is 2. The molecule has 2 nitrogen and oxygen atoms in total. The van der Waals surface area contributed by atoms with E-state index in [0.29, 0.717) is 0 Å². The van der Waals surface area contributed by atoms with E-state index in [1.807, 2.05) is 0 Å². The Labute approximate surface area is 110 Å². The van der Waals surface area contributed by atoms with E-state index in [9.17, 15) is 0 Å². The van der Waals surface area contributed by atoms with Crippen molar-refractivity contribution in [1.82, 2.24) is 10.2 Å². The lowest BCUT2D eigenvalue weighted by molar-refractivity contribution is 0.213. The highest BCUT2D eigenvalue weighted by Crippen LogP contribution is 2.33. The Morgan fingerprint density at radius 1 is 1.22 bits per heavy atom. The monoisotopic (exact) mass is 244 g/mol. The second kappa shape index (κ2) is 5.41. The first kappa shape index (κ1) is 12.2. The van der Waals surface area contributed by atoms with Crippen LogP contribution in [-0.2, 0) is 6.54 Å². The summed E-state index contributed by atoms with van der Waals surface area (Å²) < 4.78 is 0. The molecule has 0 spiro atoms. The topological polar surface area (TPSA) is 15.3 Å². The highest BCUT2D eigenvalue weighted by molar-refractivity contribution is 5.14. The number of benzene rings is 1. The lowest BCUT2D eigenvalue weighted by atomic mass is 9.88. The van der Waals surface area contributed by atoms with Crippen LogP contribution in [0.2, 0.25) is 0 Å². The highest BCUT2D eigenvalue weighted by atomic mass is 15.1. The molecular weight excluding hydrogens is 220 g/mol. The zero-order valence-electron chi connectivity index (χ0n) is 11.3. The number of nitrogens with zero attached hydrogens (tertiary/aromatic N) is 1. The zero-order valence-corrected chi connectivity index (χ0v) is 11.3. The van der Waals surface area contributed by atoms with Crippen LogP contribution in [0, 0.1) is 5.92 Å². The summed E-state index contributed by atoms with van der Waals surface area (Å²) >= 11 is 0. The van der Waals surface area contributed by atoms with Crippen LogP contribution >= 0.6 is 0 Å². The molecule has 0 saturated carbocycles. The van der Waals surface area contributed by atoms with E-state index < -0.39 is 0 Å². The van der Waals surface area contributed by atoms with Crippen molar-refractivity contribution in [2.45, 2.75) is 44.8 Å². The van der Waals surface area contributed by atoms with Gasteiger partial charge in [0.25, 0.3) is 0 Å². The van der Waals surface area contributed by atoms with Crippen molar-refractivity contribution in [3.63, 3.8) is 0 Å². The first-order valence-electron chi connectivity index (χ1n) is 7.37. The van der Waals surface area contributed by atoms with E-state index in [2.05, 4.69) is 47.5 Å². The minimum Gasteiger partial charge on any atom is -0.311 e. The van der Waals surface area contributed by atoms with Crippen LogP contribution in [0.15, 0.2) is 30.3 Å². The number of hydrogen-bond donors (Lipinski definition) is 1. The van der Waals surface area contributed by atoms with Crippen LogP contribution < -0.4 is 5.32 Å². The van der Waals surface area contributed by atoms with Gasteiger partial charge >= 0.3 is 0 Å². The quantitative estimate of drug-likeness (QED) is 0.856. The summed E-state index contributed by atoms with van der Waals surface area (Å²) in [5.74, 6) is 0.882. The van der Waals surface area contributed by atoms with Crippen LogP contribution in [0.3, 0.4) is 0 Å². The van der Waals surface area contributed by atoms with Crippen LogP contribution in [0.25, 0.3) is 0 Å². The van der Waals surface area contributed by atoms with Gasteiger partial charge in [0.1, 0.15) is 0 Å². The molecule has 18 heavy (non-hydrogen) atoms. The summed E-state index contributed by atoms with van der Waals surface area (Å²) in [5.41, 5.74) is 1.44. The summed E-state index contributed by atoms with van der Waals surface area (Å²) in [6.07, 6.45) is 4.21. The molecule has 2 heterocycles. The molecule has 0 radical (unpaired) electrons. The molecule has 2 heteroatoms. The fourth-order valence-electron chi connectivity index (χ4n) is 3.62. The average molecular weight is 244 g/mol. The lowest BCUT2D eigenvalue weighted by Gasteiger charge is -2.28. The third kappa shape index (κ3) is 2.60. The van der Waals surface area contributed by atoms with Crippen molar-refractivity contribution in [3.8, 4) is 0 Å². The SMILES string of the molecule is CCN(Cc1ccccc1)CC1CC2CCC1N2. The third-order valence-electron chi connectivity index (χ3n) is 4.62. The molecule has 1 aromatic carbocycles. The first-order chi connectivity index (χ1) is 8.85. The molecule has 2 fully saturated rings. The largest absolute Gasteiger partial charge is 0.311 e. The van der Waals surface area contributed by atoms with E-state index in [-0.39, 0.29) is 0 Å². The minimum absolute atomic E-state index is 0.805. The fraction of sp³-hybridized carbons (Fsp3) is 0.625. The van der Waals surface area contributed by atoms with Crippen molar-refractivity contribution < 1.29 is 0 Å². The fourth-order valence-corrected chi connectivity index (χ4v) is 3.62. The standard InChI is InChI=1S/C16H24N2/c1-2-18(11-13-6-4-3-5-7-13)12-14-10-15-8-9-16(14)17-15/h3-7,14-17H,2,8-12H2,1H3. The minimum atomic E-state index is 0.805. The Kier molecular flexibility index (Phi) is 3.67. The summed E-state index contributed by atoms with van der Waals surface area (Å²) in [6, 6.07) is 12.5. The Hall–Kier alpha value is -0.860. The van der Waals surface area contributed by atoms with Gasteiger partial charge in [-0.1, -0.05) is 37.3 Å². The van der Waals surface area contributed by atoms with Gasteiger partial charge in [0.2, 0.25) is 0 Å². The van der Waals surface area contributed by atoms with Gasteiger partial charge in [-0.3, -0.25) is 4.90 Å². The van der Waals surface area contributed by atoms with Crippen molar-refractivity contribution in [1.29, 1.82) is 0 Å². The molecule has 2 saturated heterocycles. The van der Waals surface area contributed by atoms with Gasteiger partial charge in [-0.05, 0) is 37.3 Å². The van der Waals surface area contributed by atoms with Gasteiger partial charge in [-0.2, -0.15) is 0 Å². The molecule has 3 unspecified atom stereocenters. The van der Waals surface area contributed by atoms with Gasteiger partial charge in [0, 0.05) is 25.2 Å². The molecule has 2 bridgehead atoms. The van der Waals surface area contributed by atoms with E-state index in [4.69, 9.17) is 0 Å². The highest BCUT2D eigenvalue weighted by Gasteiger charge is 2.39. The lowest BCUT2D eigenvalue weighted by Crippen LogP contribution is -2.34. The van der Waals surface area contributed by atoms with Gasteiger partial charge in [0.15, 0.2) is 0 Å². The normalized spacial score (nSPS) is 30.2. The molecule has 0 amide bonds. The molecular formula is C16H24N2. The Morgan fingerprint density at radius 3 is 2.67 bits per heavy atom. The molecule has 3 rings (SSSR count). The first-order valence-corrected chi connectivity index (χ1v) is 7.37. The smallest absolute Gasteiger partial charge is 0.0233 e. The molecule has 1 N–H and O–H groups in total. The van der Waals surface area contributed by atoms with Crippen LogP contribution in [0.5, 0.6) is 0 Å². The molecule has 0 aliphatic carbocycles. The maximum atomic E-state index is 3.74. The van der Waals surface area contributed by atoms with E-state index in [1.54, 1.807) is 0 Å². The van der Waals surface area contributed by atoms with Crippen LogP contribution in [-0.4, -0.2) is 30.1 Å². The summed E-state index contributed by atoms with van der Waals surface area (Å²) in [5, 5.41) is 3.74. The van der Waals surface area contributed by atoms with Crippen LogP contribution in [0.4, 0.5) is 0 Å². The maximum Gasteiger partial charge on any atom is 0.0233 e. The van der Waals surface area contributed by atoms with Crippen molar-refractivity contribution in [2.75, 3.05) is 13.1 Å². The average Bonchev–Trinajstić information content (AvgIpc) is 3.01. The maximum absolute atomic E-state index is 3.74. The van der Waals surface area contributed by atoms with E-state index >= 15 is 0 Å². The van der Waals surface area contributed by atoms with Gasteiger partial charge in [-0.15, -0.1) is 0 Å². The predicted molar refractivity (Wildman–Crippen MR) is 75.4 cm³/mol.